The predicted molar refractivity (Wildman–Crippen MR) is 110 cm³/mol. The summed E-state index contributed by atoms with van der Waals surface area (Å²) in [5, 5.41) is 6.95. The van der Waals surface area contributed by atoms with Gasteiger partial charge in [0, 0.05) is 24.9 Å². The van der Waals surface area contributed by atoms with Gasteiger partial charge in [-0.05, 0) is 23.0 Å². The summed E-state index contributed by atoms with van der Waals surface area (Å²) in [5.74, 6) is 1.02. The number of hydrogen-bond acceptors (Lipinski definition) is 4. The molecule has 0 saturated heterocycles. The van der Waals surface area contributed by atoms with Gasteiger partial charge in [0.15, 0.2) is 0 Å². The van der Waals surface area contributed by atoms with E-state index in [0.29, 0.717) is 31.1 Å². The highest BCUT2D eigenvalue weighted by Crippen LogP contribution is 2.22. The smallest absolute Gasteiger partial charge is 0.227 e. The molecule has 0 spiro atoms. The first-order valence-corrected chi connectivity index (χ1v) is 9.66. The summed E-state index contributed by atoms with van der Waals surface area (Å²) in [6.07, 6.45) is 1.58. The number of rotatable bonds is 7. The van der Waals surface area contributed by atoms with E-state index in [2.05, 4.69) is 60.5 Å². The first-order valence-electron chi connectivity index (χ1n) is 9.66. The van der Waals surface area contributed by atoms with E-state index >= 15 is 0 Å². The first-order chi connectivity index (χ1) is 13.4. The van der Waals surface area contributed by atoms with Crippen LogP contribution in [-0.2, 0) is 23.1 Å². The molecule has 5 nitrogen and oxygen atoms in total. The highest BCUT2D eigenvalue weighted by atomic mass is 16.5. The van der Waals surface area contributed by atoms with E-state index in [4.69, 9.17) is 4.52 Å². The van der Waals surface area contributed by atoms with Crippen LogP contribution >= 0.6 is 0 Å². The normalized spacial score (nSPS) is 11.4. The molecule has 1 amide bonds. The number of carbonyl (C=O) groups is 1. The molecule has 1 heterocycles. The molecular formula is C23H27N3O2. The molecule has 2 aromatic carbocycles. The summed E-state index contributed by atoms with van der Waals surface area (Å²) in [4.78, 5) is 16.5. The van der Waals surface area contributed by atoms with Gasteiger partial charge < -0.3 is 9.84 Å². The summed E-state index contributed by atoms with van der Waals surface area (Å²) >= 11 is 0. The molecule has 0 aliphatic heterocycles. The van der Waals surface area contributed by atoms with Crippen LogP contribution in [0.3, 0.4) is 0 Å². The van der Waals surface area contributed by atoms with Gasteiger partial charge in [-0.3, -0.25) is 4.79 Å². The maximum absolute atomic E-state index is 12.1. The third kappa shape index (κ3) is 5.52. The average molecular weight is 377 g/mol. The van der Waals surface area contributed by atoms with Gasteiger partial charge in [0.1, 0.15) is 0 Å². The number of hydrogen-bond donors (Lipinski definition) is 1. The third-order valence-electron chi connectivity index (χ3n) is 4.59. The molecule has 0 atom stereocenters. The third-order valence-corrected chi connectivity index (χ3v) is 4.59. The number of benzene rings is 2. The quantitative estimate of drug-likeness (QED) is 0.666. The Balaban J connectivity index is 1.44. The fourth-order valence-electron chi connectivity index (χ4n) is 2.91. The fourth-order valence-corrected chi connectivity index (χ4v) is 2.91. The number of carbonyl (C=O) groups excluding carboxylic acids is 1. The number of aromatic nitrogens is 2. The zero-order valence-electron chi connectivity index (χ0n) is 16.7. The lowest BCUT2D eigenvalue weighted by molar-refractivity contribution is -0.121. The molecule has 0 saturated carbocycles. The highest BCUT2D eigenvalue weighted by molar-refractivity contribution is 5.76. The predicted octanol–water partition coefficient (Wildman–Crippen LogP) is 4.33. The second kappa shape index (κ2) is 8.83. The molecule has 1 aromatic heterocycles. The second-order valence-corrected chi connectivity index (χ2v) is 7.93. The zero-order valence-corrected chi connectivity index (χ0v) is 16.7. The molecule has 146 valence electrons. The van der Waals surface area contributed by atoms with Crippen LogP contribution in [0.5, 0.6) is 0 Å². The fraction of sp³-hybridized carbons (Fsp3) is 0.348. The first kappa shape index (κ1) is 19.8. The Hall–Kier alpha value is -2.95. The minimum Gasteiger partial charge on any atom is -0.356 e. The maximum Gasteiger partial charge on any atom is 0.227 e. The Bertz CT molecular complexity index is 911. The molecule has 5 heteroatoms. The SMILES string of the molecule is CC(C)(C)c1cccc(CCNC(=O)CCc2nc(-c3ccccc3)no2)c1. The van der Waals surface area contributed by atoms with Crippen molar-refractivity contribution in [3.63, 3.8) is 0 Å². The van der Waals surface area contributed by atoms with Crippen molar-refractivity contribution in [2.45, 2.75) is 45.4 Å². The van der Waals surface area contributed by atoms with E-state index in [0.717, 1.165) is 12.0 Å². The van der Waals surface area contributed by atoms with Crippen molar-refractivity contribution < 1.29 is 9.32 Å². The minimum absolute atomic E-state index is 0.00793. The molecule has 28 heavy (non-hydrogen) atoms. The van der Waals surface area contributed by atoms with Crippen LogP contribution in [0.15, 0.2) is 59.1 Å². The van der Waals surface area contributed by atoms with E-state index in [1.165, 1.54) is 11.1 Å². The topological polar surface area (TPSA) is 68.0 Å². The van der Waals surface area contributed by atoms with Gasteiger partial charge in [-0.25, -0.2) is 0 Å². The van der Waals surface area contributed by atoms with Crippen LogP contribution in [0.25, 0.3) is 11.4 Å². The van der Waals surface area contributed by atoms with E-state index in [1.807, 2.05) is 30.3 Å². The van der Waals surface area contributed by atoms with Gasteiger partial charge in [0.25, 0.3) is 0 Å². The monoisotopic (exact) mass is 377 g/mol. The maximum atomic E-state index is 12.1. The van der Waals surface area contributed by atoms with Crippen molar-refractivity contribution in [3.05, 3.63) is 71.6 Å². The standard InChI is InChI=1S/C23H27N3O2/c1-23(2,3)19-11-7-8-17(16-19)14-15-24-20(27)12-13-21-25-22(26-28-21)18-9-5-4-6-10-18/h4-11,16H,12-15H2,1-3H3,(H,24,27). The lowest BCUT2D eigenvalue weighted by atomic mass is 9.86. The van der Waals surface area contributed by atoms with E-state index in [-0.39, 0.29) is 11.3 Å². The van der Waals surface area contributed by atoms with Crippen molar-refractivity contribution in [3.8, 4) is 11.4 Å². The number of aryl methyl sites for hydroxylation is 1. The molecular weight excluding hydrogens is 350 g/mol. The Labute approximate surface area is 166 Å². The average Bonchev–Trinajstić information content (AvgIpc) is 3.16. The molecule has 0 unspecified atom stereocenters. The molecule has 1 N–H and O–H groups in total. The summed E-state index contributed by atoms with van der Waals surface area (Å²) in [6.45, 7) is 7.23. The van der Waals surface area contributed by atoms with Gasteiger partial charge in [-0.15, -0.1) is 0 Å². The molecule has 0 fully saturated rings. The molecule has 0 bridgehead atoms. The largest absolute Gasteiger partial charge is 0.356 e. The second-order valence-electron chi connectivity index (χ2n) is 7.93. The van der Waals surface area contributed by atoms with Crippen molar-refractivity contribution in [2.24, 2.45) is 0 Å². The van der Waals surface area contributed by atoms with Crippen LogP contribution in [0.1, 0.15) is 44.2 Å². The number of nitrogens with zero attached hydrogens (tertiary/aromatic N) is 2. The molecule has 3 rings (SSSR count). The van der Waals surface area contributed by atoms with Crippen LogP contribution in [0, 0.1) is 0 Å². The van der Waals surface area contributed by atoms with Crippen molar-refractivity contribution >= 4 is 5.91 Å². The summed E-state index contributed by atoms with van der Waals surface area (Å²) in [7, 11) is 0. The molecule has 3 aromatic rings. The summed E-state index contributed by atoms with van der Waals surface area (Å²) < 4.78 is 5.25. The van der Waals surface area contributed by atoms with Crippen molar-refractivity contribution in [2.75, 3.05) is 6.54 Å². The zero-order chi connectivity index (χ0) is 20.0. The van der Waals surface area contributed by atoms with Crippen LogP contribution in [0.4, 0.5) is 0 Å². The van der Waals surface area contributed by atoms with Gasteiger partial charge in [0.05, 0.1) is 0 Å². The van der Waals surface area contributed by atoms with E-state index in [1.54, 1.807) is 0 Å². The van der Waals surface area contributed by atoms with Crippen LogP contribution in [-0.4, -0.2) is 22.6 Å². The number of amides is 1. The van der Waals surface area contributed by atoms with E-state index in [9.17, 15) is 4.79 Å². The Morgan fingerprint density at radius 3 is 2.57 bits per heavy atom. The van der Waals surface area contributed by atoms with Crippen LogP contribution < -0.4 is 5.32 Å². The molecule has 0 aliphatic rings. The lowest BCUT2D eigenvalue weighted by Gasteiger charge is -2.19. The Morgan fingerprint density at radius 1 is 1.04 bits per heavy atom. The van der Waals surface area contributed by atoms with Crippen molar-refractivity contribution in [1.82, 2.24) is 15.5 Å². The van der Waals surface area contributed by atoms with Gasteiger partial charge >= 0.3 is 0 Å². The van der Waals surface area contributed by atoms with Crippen LogP contribution in [0.2, 0.25) is 0 Å². The molecule has 0 radical (unpaired) electrons. The van der Waals surface area contributed by atoms with Gasteiger partial charge in [0.2, 0.25) is 17.6 Å². The van der Waals surface area contributed by atoms with Gasteiger partial charge in [-0.2, -0.15) is 4.98 Å². The summed E-state index contributed by atoms with van der Waals surface area (Å²) in [6, 6.07) is 18.2. The molecule has 0 aliphatic carbocycles. The Kier molecular flexibility index (Phi) is 6.24. The van der Waals surface area contributed by atoms with Gasteiger partial charge in [-0.1, -0.05) is 80.5 Å². The van der Waals surface area contributed by atoms with E-state index < -0.39 is 0 Å². The Morgan fingerprint density at radius 2 is 1.82 bits per heavy atom. The highest BCUT2D eigenvalue weighted by Gasteiger charge is 2.14. The number of nitrogens with one attached hydrogen (secondary N) is 1. The summed E-state index contributed by atoms with van der Waals surface area (Å²) in [5.41, 5.74) is 3.57. The van der Waals surface area contributed by atoms with Crippen molar-refractivity contribution in [1.29, 1.82) is 0 Å². The minimum atomic E-state index is -0.00793. The lowest BCUT2D eigenvalue weighted by Crippen LogP contribution is -2.26.